The summed E-state index contributed by atoms with van der Waals surface area (Å²) in [5.74, 6) is 1.30. The second-order valence-corrected chi connectivity index (χ2v) is 7.47. The molecule has 0 spiro atoms. The molecule has 0 bridgehead atoms. The van der Waals surface area contributed by atoms with Crippen molar-refractivity contribution in [3.05, 3.63) is 0 Å². The van der Waals surface area contributed by atoms with Gasteiger partial charge in [0.05, 0.1) is 0 Å². The van der Waals surface area contributed by atoms with Gasteiger partial charge in [0.1, 0.15) is 0 Å². The summed E-state index contributed by atoms with van der Waals surface area (Å²) in [6.07, 6.45) is 3.96. The van der Waals surface area contributed by atoms with Crippen LogP contribution in [0.15, 0.2) is 0 Å². The molecule has 0 aliphatic heterocycles. The molecular weight excluding hydrogens is 176 g/mol. The molecule has 0 saturated heterocycles. The zero-order valence-electron chi connectivity index (χ0n) is 10.2. The molecule has 0 unspecified atom stereocenters. The van der Waals surface area contributed by atoms with E-state index in [4.69, 9.17) is 0 Å². The summed E-state index contributed by atoms with van der Waals surface area (Å²) in [6.45, 7) is 14.0. The fourth-order valence-corrected chi connectivity index (χ4v) is 2.92. The van der Waals surface area contributed by atoms with Gasteiger partial charge in [-0.15, -0.1) is 0 Å². The highest BCUT2D eigenvalue weighted by atomic mass is 32.2. The molecule has 80 valence electrons. The minimum Gasteiger partial charge on any atom is -0.156 e. The largest absolute Gasteiger partial charge is 0.156 e. The number of rotatable bonds is 5. The van der Waals surface area contributed by atoms with Crippen molar-refractivity contribution in [2.24, 2.45) is 5.41 Å². The molecule has 0 nitrogen and oxygen atoms in total. The van der Waals surface area contributed by atoms with E-state index < -0.39 is 0 Å². The van der Waals surface area contributed by atoms with E-state index in [2.05, 4.69) is 53.3 Å². The first-order valence-corrected chi connectivity index (χ1v) is 6.39. The van der Waals surface area contributed by atoms with Crippen molar-refractivity contribution in [2.75, 3.05) is 5.75 Å². The Kier molecular flexibility index (Phi) is 5.43. The lowest BCUT2D eigenvalue weighted by atomic mass is 9.94. The van der Waals surface area contributed by atoms with Gasteiger partial charge < -0.3 is 0 Å². The van der Waals surface area contributed by atoms with Gasteiger partial charge in [-0.3, -0.25) is 0 Å². The van der Waals surface area contributed by atoms with Gasteiger partial charge in [0, 0.05) is 4.75 Å². The minimum atomic E-state index is 0.486. The van der Waals surface area contributed by atoms with E-state index in [1.807, 2.05) is 0 Å². The van der Waals surface area contributed by atoms with Crippen LogP contribution < -0.4 is 0 Å². The highest BCUT2D eigenvalue weighted by Gasteiger charge is 2.18. The van der Waals surface area contributed by atoms with Crippen molar-refractivity contribution >= 4 is 11.8 Å². The van der Waals surface area contributed by atoms with E-state index in [0.717, 1.165) is 0 Å². The minimum absolute atomic E-state index is 0.486. The topological polar surface area (TPSA) is 0 Å². The number of thioether (sulfide) groups is 1. The molecule has 0 atom stereocenters. The Balaban J connectivity index is 3.63. The molecule has 0 radical (unpaired) electrons. The van der Waals surface area contributed by atoms with Gasteiger partial charge in [0.15, 0.2) is 0 Å². The van der Waals surface area contributed by atoms with Crippen LogP contribution in [0, 0.1) is 5.41 Å². The number of hydrogen-bond acceptors (Lipinski definition) is 1. The van der Waals surface area contributed by atoms with Crippen LogP contribution >= 0.6 is 11.8 Å². The van der Waals surface area contributed by atoms with Crippen LogP contribution in [0.2, 0.25) is 0 Å². The monoisotopic (exact) mass is 202 g/mol. The highest BCUT2D eigenvalue weighted by molar-refractivity contribution is 8.00. The van der Waals surface area contributed by atoms with Gasteiger partial charge in [-0.25, -0.2) is 0 Å². The van der Waals surface area contributed by atoms with Gasteiger partial charge in [0.25, 0.3) is 0 Å². The van der Waals surface area contributed by atoms with Gasteiger partial charge in [0.2, 0.25) is 0 Å². The normalized spacial score (nSPS) is 13.4. The second-order valence-electron chi connectivity index (χ2n) is 5.67. The Labute approximate surface area is 88.9 Å². The van der Waals surface area contributed by atoms with Crippen molar-refractivity contribution in [2.45, 2.75) is 65.6 Å². The van der Waals surface area contributed by atoms with E-state index >= 15 is 0 Å². The molecule has 1 heteroatoms. The summed E-state index contributed by atoms with van der Waals surface area (Å²) >= 11 is 2.13. The zero-order valence-corrected chi connectivity index (χ0v) is 11.1. The third-order valence-corrected chi connectivity index (χ3v) is 3.59. The fraction of sp³-hybridized carbons (Fsp3) is 1.00. The van der Waals surface area contributed by atoms with E-state index in [1.165, 1.54) is 25.0 Å². The lowest BCUT2D eigenvalue weighted by Crippen LogP contribution is -2.16. The molecule has 0 heterocycles. The van der Waals surface area contributed by atoms with Crippen LogP contribution in [-0.2, 0) is 0 Å². The maximum Gasteiger partial charge on any atom is 0.0103 e. The summed E-state index contributed by atoms with van der Waals surface area (Å²) < 4.78 is 0.486. The summed E-state index contributed by atoms with van der Waals surface area (Å²) in [5, 5.41) is 0. The van der Waals surface area contributed by atoms with Crippen LogP contribution in [0.4, 0.5) is 0 Å². The average molecular weight is 202 g/mol. The predicted octanol–water partition coefficient (Wildman–Crippen LogP) is 4.73. The van der Waals surface area contributed by atoms with Gasteiger partial charge in [-0.05, 0) is 24.0 Å². The van der Waals surface area contributed by atoms with Crippen molar-refractivity contribution < 1.29 is 0 Å². The van der Waals surface area contributed by atoms with E-state index in [0.29, 0.717) is 10.2 Å². The lowest BCUT2D eigenvalue weighted by Gasteiger charge is -2.26. The molecule has 0 aliphatic rings. The van der Waals surface area contributed by atoms with Crippen LogP contribution in [0.1, 0.15) is 60.8 Å². The first-order chi connectivity index (χ1) is 5.77. The molecule has 0 aliphatic carbocycles. The van der Waals surface area contributed by atoms with Crippen LogP contribution in [0.25, 0.3) is 0 Å². The second kappa shape index (κ2) is 5.29. The van der Waals surface area contributed by atoms with E-state index in [1.54, 1.807) is 0 Å². The molecule has 0 N–H and O–H groups in total. The summed E-state index contributed by atoms with van der Waals surface area (Å²) in [7, 11) is 0. The van der Waals surface area contributed by atoms with Crippen molar-refractivity contribution in [1.29, 1.82) is 0 Å². The first-order valence-electron chi connectivity index (χ1n) is 5.41. The van der Waals surface area contributed by atoms with E-state index in [9.17, 15) is 0 Å². The predicted molar refractivity (Wildman–Crippen MR) is 65.5 cm³/mol. The van der Waals surface area contributed by atoms with E-state index in [-0.39, 0.29) is 0 Å². The molecule has 13 heavy (non-hydrogen) atoms. The van der Waals surface area contributed by atoms with Crippen molar-refractivity contribution in [3.8, 4) is 0 Å². The maximum absolute atomic E-state index is 2.36. The molecule has 0 aromatic carbocycles. The molecule has 0 fully saturated rings. The molecule has 0 rings (SSSR count). The lowest BCUT2D eigenvalue weighted by molar-refractivity contribution is 0.401. The Morgan fingerprint density at radius 1 is 0.923 bits per heavy atom. The molecule has 0 saturated carbocycles. The third-order valence-electron chi connectivity index (χ3n) is 2.20. The Hall–Kier alpha value is 0.350. The van der Waals surface area contributed by atoms with Crippen LogP contribution in [0.3, 0.4) is 0 Å². The third kappa shape index (κ3) is 8.67. The maximum atomic E-state index is 2.36. The zero-order chi connectivity index (χ0) is 10.5. The molecule has 0 amide bonds. The highest BCUT2D eigenvalue weighted by Crippen LogP contribution is 2.32. The van der Waals surface area contributed by atoms with Gasteiger partial charge in [-0.1, -0.05) is 48.0 Å². The fourth-order valence-electron chi connectivity index (χ4n) is 1.31. The summed E-state index contributed by atoms with van der Waals surface area (Å²) in [4.78, 5) is 0. The molecule has 0 aromatic rings. The standard InChI is InChI=1S/C12H26S/c1-7-8-12(5,6)13-10-9-11(2,3)4/h7-10H2,1-6H3. The van der Waals surface area contributed by atoms with Gasteiger partial charge >= 0.3 is 0 Å². The van der Waals surface area contributed by atoms with Gasteiger partial charge in [-0.2, -0.15) is 11.8 Å². The Morgan fingerprint density at radius 2 is 1.46 bits per heavy atom. The average Bonchev–Trinajstić information content (AvgIpc) is 1.82. The Bertz CT molecular complexity index is 131. The molecular formula is C12H26S. The Morgan fingerprint density at radius 3 is 1.85 bits per heavy atom. The van der Waals surface area contributed by atoms with Crippen LogP contribution in [-0.4, -0.2) is 10.5 Å². The smallest absolute Gasteiger partial charge is 0.0103 e. The first kappa shape index (κ1) is 13.4. The van der Waals surface area contributed by atoms with Crippen molar-refractivity contribution in [1.82, 2.24) is 0 Å². The summed E-state index contributed by atoms with van der Waals surface area (Å²) in [5.41, 5.74) is 0.495. The van der Waals surface area contributed by atoms with Crippen molar-refractivity contribution in [3.63, 3.8) is 0 Å². The quantitative estimate of drug-likeness (QED) is 0.621. The SMILES string of the molecule is CCCC(C)(C)SCCC(C)(C)C. The van der Waals surface area contributed by atoms with Crippen LogP contribution in [0.5, 0.6) is 0 Å². The summed E-state index contributed by atoms with van der Waals surface area (Å²) in [6, 6.07) is 0. The molecule has 0 aromatic heterocycles. The number of hydrogen-bond donors (Lipinski definition) is 0.